The summed E-state index contributed by atoms with van der Waals surface area (Å²) in [7, 11) is -2.79. The lowest BCUT2D eigenvalue weighted by molar-refractivity contribution is 0.235. The van der Waals surface area contributed by atoms with Gasteiger partial charge < -0.3 is 5.73 Å². The van der Waals surface area contributed by atoms with Gasteiger partial charge in [0.15, 0.2) is 9.84 Å². The Morgan fingerprint density at radius 1 is 1.33 bits per heavy atom. The summed E-state index contributed by atoms with van der Waals surface area (Å²) < 4.78 is 23.0. The Bertz CT molecular complexity index is 318. The number of rotatable bonds is 1. The molecule has 0 aromatic carbocycles. The summed E-state index contributed by atoms with van der Waals surface area (Å²) in [4.78, 5) is 2.27. The van der Waals surface area contributed by atoms with Crippen molar-refractivity contribution in [1.82, 2.24) is 4.90 Å². The first-order chi connectivity index (χ1) is 6.98. The molecule has 2 aliphatic heterocycles. The molecule has 0 aliphatic carbocycles. The maximum absolute atomic E-state index is 11.5. The van der Waals surface area contributed by atoms with Gasteiger partial charge in [-0.15, -0.1) is 0 Å². The zero-order valence-electron chi connectivity index (χ0n) is 9.22. The molecule has 0 aromatic heterocycles. The molecule has 2 saturated heterocycles. The van der Waals surface area contributed by atoms with Crippen LogP contribution in [-0.2, 0) is 9.84 Å². The van der Waals surface area contributed by atoms with Crippen molar-refractivity contribution in [2.45, 2.75) is 31.8 Å². The number of hydrogen-bond donors (Lipinski definition) is 1. The fraction of sp³-hybridized carbons (Fsp3) is 1.00. The molecule has 3 unspecified atom stereocenters. The molecule has 4 nitrogen and oxygen atoms in total. The average molecular weight is 232 g/mol. The summed E-state index contributed by atoms with van der Waals surface area (Å²) in [5.74, 6) is 1.21. The van der Waals surface area contributed by atoms with E-state index in [1.807, 2.05) is 0 Å². The second-order valence-electron chi connectivity index (χ2n) is 5.01. The minimum Gasteiger partial charge on any atom is -0.326 e. The van der Waals surface area contributed by atoms with Gasteiger partial charge in [0.1, 0.15) is 0 Å². The fourth-order valence-corrected chi connectivity index (χ4v) is 4.35. The zero-order chi connectivity index (χ0) is 11.1. The summed E-state index contributed by atoms with van der Waals surface area (Å²) in [6, 6.07) is 0.439. The van der Waals surface area contributed by atoms with Crippen molar-refractivity contribution >= 4 is 9.84 Å². The smallest absolute Gasteiger partial charge is 0.151 e. The van der Waals surface area contributed by atoms with Crippen LogP contribution in [0.25, 0.3) is 0 Å². The van der Waals surface area contributed by atoms with E-state index in [9.17, 15) is 8.42 Å². The Morgan fingerprint density at radius 2 is 2.07 bits per heavy atom. The highest BCUT2D eigenvalue weighted by Crippen LogP contribution is 2.23. The standard InChI is InChI=1S/C10H20N2O2S/c1-8-5-12(6-10(8)11)9-3-2-4-15(13,14)7-9/h8-10H,2-7,11H2,1H3. The molecule has 2 heterocycles. The normalized spacial score (nSPS) is 41.9. The quantitative estimate of drug-likeness (QED) is 0.682. The number of nitrogens with zero attached hydrogens (tertiary/aromatic N) is 1. The first-order valence-electron chi connectivity index (χ1n) is 5.68. The SMILES string of the molecule is CC1CN(C2CCCS(=O)(=O)C2)CC1N. The number of hydrogen-bond acceptors (Lipinski definition) is 4. The highest BCUT2D eigenvalue weighted by molar-refractivity contribution is 7.91. The van der Waals surface area contributed by atoms with Crippen molar-refractivity contribution in [2.24, 2.45) is 11.7 Å². The van der Waals surface area contributed by atoms with E-state index in [-0.39, 0.29) is 12.1 Å². The molecule has 2 rings (SSSR count). The fourth-order valence-electron chi connectivity index (χ4n) is 2.62. The molecule has 0 spiro atoms. The van der Waals surface area contributed by atoms with Gasteiger partial charge in [-0.25, -0.2) is 8.42 Å². The van der Waals surface area contributed by atoms with E-state index in [2.05, 4.69) is 11.8 Å². The minimum atomic E-state index is -2.79. The van der Waals surface area contributed by atoms with Crippen molar-refractivity contribution < 1.29 is 8.42 Å². The predicted molar refractivity (Wildman–Crippen MR) is 60.4 cm³/mol. The van der Waals surface area contributed by atoms with E-state index in [4.69, 9.17) is 5.73 Å². The van der Waals surface area contributed by atoms with Crippen LogP contribution in [0.15, 0.2) is 0 Å². The van der Waals surface area contributed by atoms with Gasteiger partial charge in [0.05, 0.1) is 11.5 Å². The Hall–Kier alpha value is -0.130. The lowest BCUT2D eigenvalue weighted by Gasteiger charge is -2.30. The molecular weight excluding hydrogens is 212 g/mol. The van der Waals surface area contributed by atoms with Gasteiger partial charge in [-0.1, -0.05) is 6.92 Å². The minimum absolute atomic E-state index is 0.217. The molecule has 2 N–H and O–H groups in total. The zero-order valence-corrected chi connectivity index (χ0v) is 10.0. The van der Waals surface area contributed by atoms with Crippen molar-refractivity contribution in [3.63, 3.8) is 0 Å². The molecule has 0 saturated carbocycles. The molecule has 15 heavy (non-hydrogen) atoms. The Labute approximate surface area is 91.7 Å². The second-order valence-corrected chi connectivity index (χ2v) is 7.23. The van der Waals surface area contributed by atoms with Crippen molar-refractivity contribution in [3.8, 4) is 0 Å². The van der Waals surface area contributed by atoms with E-state index in [1.54, 1.807) is 0 Å². The number of sulfone groups is 1. The molecule has 0 bridgehead atoms. The Morgan fingerprint density at radius 3 is 2.60 bits per heavy atom. The summed E-state index contributed by atoms with van der Waals surface area (Å²) in [5, 5.41) is 0. The summed E-state index contributed by atoms with van der Waals surface area (Å²) in [5.41, 5.74) is 5.95. The van der Waals surface area contributed by atoms with Gasteiger partial charge in [0, 0.05) is 25.2 Å². The maximum atomic E-state index is 11.5. The first kappa shape index (κ1) is 11.4. The highest BCUT2D eigenvalue weighted by atomic mass is 32.2. The lowest BCUT2D eigenvalue weighted by atomic mass is 10.1. The van der Waals surface area contributed by atoms with Crippen LogP contribution in [0.5, 0.6) is 0 Å². The third-order valence-corrected chi connectivity index (χ3v) is 5.46. The molecule has 88 valence electrons. The number of likely N-dealkylation sites (tertiary alicyclic amines) is 1. The average Bonchev–Trinajstić information content (AvgIpc) is 2.45. The molecule has 0 amide bonds. The van der Waals surface area contributed by atoms with Crippen LogP contribution in [0.2, 0.25) is 0 Å². The predicted octanol–water partition coefficient (Wildman–Crippen LogP) is -0.157. The van der Waals surface area contributed by atoms with Crippen LogP contribution in [0, 0.1) is 5.92 Å². The molecule has 3 atom stereocenters. The molecule has 2 aliphatic rings. The van der Waals surface area contributed by atoms with Gasteiger partial charge in [0.2, 0.25) is 0 Å². The monoisotopic (exact) mass is 232 g/mol. The summed E-state index contributed by atoms with van der Waals surface area (Å²) >= 11 is 0. The first-order valence-corrected chi connectivity index (χ1v) is 7.50. The van der Waals surface area contributed by atoms with Gasteiger partial charge in [0.25, 0.3) is 0 Å². The molecular formula is C10H20N2O2S. The Kier molecular flexibility index (Phi) is 3.05. The maximum Gasteiger partial charge on any atom is 0.151 e. The summed E-state index contributed by atoms with van der Waals surface area (Å²) in [6.07, 6.45) is 1.83. The van der Waals surface area contributed by atoms with E-state index >= 15 is 0 Å². The molecule has 0 radical (unpaired) electrons. The third kappa shape index (κ3) is 2.52. The van der Waals surface area contributed by atoms with E-state index in [0.717, 1.165) is 25.9 Å². The third-order valence-electron chi connectivity index (χ3n) is 3.65. The molecule has 2 fully saturated rings. The van der Waals surface area contributed by atoms with Crippen LogP contribution < -0.4 is 5.73 Å². The van der Waals surface area contributed by atoms with E-state index in [1.165, 1.54) is 0 Å². The topological polar surface area (TPSA) is 63.4 Å². The van der Waals surface area contributed by atoms with Crippen LogP contribution in [-0.4, -0.2) is 50.0 Å². The van der Waals surface area contributed by atoms with Crippen molar-refractivity contribution in [1.29, 1.82) is 0 Å². The van der Waals surface area contributed by atoms with Gasteiger partial charge >= 0.3 is 0 Å². The second kappa shape index (κ2) is 4.03. The van der Waals surface area contributed by atoms with E-state index < -0.39 is 9.84 Å². The lowest BCUT2D eigenvalue weighted by Crippen LogP contribution is -2.43. The van der Waals surface area contributed by atoms with Crippen molar-refractivity contribution in [3.05, 3.63) is 0 Å². The molecule has 0 aromatic rings. The van der Waals surface area contributed by atoms with Gasteiger partial charge in [-0.2, -0.15) is 0 Å². The van der Waals surface area contributed by atoms with Gasteiger partial charge in [-0.3, -0.25) is 4.90 Å². The van der Waals surface area contributed by atoms with Crippen LogP contribution in [0.1, 0.15) is 19.8 Å². The van der Waals surface area contributed by atoms with Crippen LogP contribution in [0.4, 0.5) is 0 Å². The van der Waals surface area contributed by atoms with E-state index in [0.29, 0.717) is 17.4 Å². The number of nitrogens with two attached hydrogens (primary N) is 1. The van der Waals surface area contributed by atoms with Gasteiger partial charge in [-0.05, 0) is 18.8 Å². The van der Waals surface area contributed by atoms with Crippen LogP contribution in [0.3, 0.4) is 0 Å². The molecule has 5 heteroatoms. The highest BCUT2D eigenvalue weighted by Gasteiger charge is 2.35. The summed E-state index contributed by atoms with van der Waals surface area (Å²) in [6.45, 7) is 3.96. The van der Waals surface area contributed by atoms with Crippen molar-refractivity contribution in [2.75, 3.05) is 24.6 Å². The van der Waals surface area contributed by atoms with Crippen LogP contribution >= 0.6 is 0 Å². The largest absolute Gasteiger partial charge is 0.326 e. The Balaban J connectivity index is 2.00.